The molecule has 2 heterocycles. The summed E-state index contributed by atoms with van der Waals surface area (Å²) in [5.41, 5.74) is 3.73. The number of fused-ring (bicyclic) bond motifs is 2. The summed E-state index contributed by atoms with van der Waals surface area (Å²) >= 11 is 1.67. The molecule has 1 N–H and O–H groups in total. The van der Waals surface area contributed by atoms with Crippen LogP contribution >= 0.6 is 11.8 Å². The van der Waals surface area contributed by atoms with Crippen LogP contribution in [0.2, 0.25) is 0 Å². The van der Waals surface area contributed by atoms with Crippen LogP contribution in [0.3, 0.4) is 0 Å². The molecule has 28 heavy (non-hydrogen) atoms. The van der Waals surface area contributed by atoms with Gasteiger partial charge in [0, 0.05) is 22.6 Å². The molecule has 0 fully saturated rings. The molecule has 0 atom stereocenters. The second-order valence-electron chi connectivity index (χ2n) is 6.30. The van der Waals surface area contributed by atoms with Crippen LogP contribution in [0, 0.1) is 10.1 Å². The molecule has 0 unspecified atom stereocenters. The second-order valence-corrected chi connectivity index (χ2v) is 7.35. The van der Waals surface area contributed by atoms with Gasteiger partial charge in [0.15, 0.2) is 0 Å². The second kappa shape index (κ2) is 6.54. The number of nitrogens with zero attached hydrogens (tertiary/aromatic N) is 3. The summed E-state index contributed by atoms with van der Waals surface area (Å²) in [4.78, 5) is 12.7. The van der Waals surface area contributed by atoms with Gasteiger partial charge in [0.25, 0.3) is 5.69 Å². The fourth-order valence-electron chi connectivity index (χ4n) is 3.19. The number of anilines is 2. The first-order valence-corrected chi connectivity index (χ1v) is 9.49. The van der Waals surface area contributed by atoms with Crippen molar-refractivity contribution in [1.29, 1.82) is 0 Å². The number of rotatable bonds is 3. The molecule has 5 rings (SSSR count). The summed E-state index contributed by atoms with van der Waals surface area (Å²) in [6.45, 7) is 0. The Bertz CT molecular complexity index is 1190. The lowest BCUT2D eigenvalue weighted by Crippen LogP contribution is -2.05. The quantitative estimate of drug-likeness (QED) is 0.320. The molecule has 1 aliphatic rings. The van der Waals surface area contributed by atoms with Crippen molar-refractivity contribution in [3.05, 3.63) is 89.0 Å². The highest BCUT2D eigenvalue weighted by molar-refractivity contribution is 7.99. The molecule has 1 aliphatic heterocycles. The molecule has 1 aromatic heterocycles. The highest BCUT2D eigenvalue weighted by Crippen LogP contribution is 2.49. The minimum atomic E-state index is -0.401. The number of hydrogen-bond acceptors (Lipinski definition) is 5. The summed E-state index contributed by atoms with van der Waals surface area (Å²) in [6, 6.07) is 24.5. The lowest BCUT2D eigenvalue weighted by molar-refractivity contribution is -0.384. The maximum atomic E-state index is 11.0. The summed E-state index contributed by atoms with van der Waals surface area (Å²) in [6.07, 6.45) is 0. The maximum Gasteiger partial charge on any atom is 0.269 e. The van der Waals surface area contributed by atoms with Crippen molar-refractivity contribution in [2.75, 3.05) is 5.32 Å². The molecular weight excluding hydrogens is 372 g/mol. The zero-order valence-electron chi connectivity index (χ0n) is 14.6. The number of nitrogens with one attached hydrogen (secondary N) is 1. The molecule has 6 nitrogen and oxygen atoms in total. The van der Waals surface area contributed by atoms with Gasteiger partial charge >= 0.3 is 0 Å². The molecule has 4 aromatic rings. The fourth-order valence-corrected chi connectivity index (χ4v) is 4.28. The van der Waals surface area contributed by atoms with Gasteiger partial charge in [-0.15, -0.1) is 0 Å². The van der Waals surface area contributed by atoms with E-state index in [9.17, 15) is 10.1 Å². The SMILES string of the molecule is O=[N+]([O-])c1ccc(-n2nc(-c3ccccc3)c3c2Nc2ccccc2S3)cc1. The van der Waals surface area contributed by atoms with Gasteiger partial charge in [0.1, 0.15) is 11.5 Å². The predicted molar refractivity (Wildman–Crippen MR) is 110 cm³/mol. The average Bonchev–Trinajstić information content (AvgIpc) is 3.11. The average molecular weight is 386 g/mol. The zero-order chi connectivity index (χ0) is 19.1. The van der Waals surface area contributed by atoms with E-state index in [2.05, 4.69) is 11.4 Å². The summed E-state index contributed by atoms with van der Waals surface area (Å²) in [5.74, 6) is 0.858. The molecule has 0 bridgehead atoms. The van der Waals surface area contributed by atoms with E-state index in [0.29, 0.717) is 0 Å². The largest absolute Gasteiger partial charge is 0.338 e. The number of nitro groups is 1. The van der Waals surface area contributed by atoms with Gasteiger partial charge in [-0.2, -0.15) is 5.10 Å². The highest BCUT2D eigenvalue weighted by Gasteiger charge is 2.26. The molecule has 136 valence electrons. The Hall–Kier alpha value is -3.58. The lowest BCUT2D eigenvalue weighted by Gasteiger charge is -2.19. The van der Waals surface area contributed by atoms with Crippen LogP contribution in [0.1, 0.15) is 0 Å². The first kappa shape index (κ1) is 16.6. The van der Waals surface area contributed by atoms with Crippen LogP contribution in [0.5, 0.6) is 0 Å². The Balaban J connectivity index is 1.68. The van der Waals surface area contributed by atoms with E-state index in [4.69, 9.17) is 5.10 Å². The summed E-state index contributed by atoms with van der Waals surface area (Å²) in [5, 5.41) is 19.3. The Labute approximate surface area is 165 Å². The van der Waals surface area contributed by atoms with Crippen LogP contribution < -0.4 is 5.32 Å². The van der Waals surface area contributed by atoms with Gasteiger partial charge in [-0.3, -0.25) is 10.1 Å². The maximum absolute atomic E-state index is 11.0. The van der Waals surface area contributed by atoms with E-state index in [1.54, 1.807) is 23.9 Å². The fraction of sp³-hybridized carbons (Fsp3) is 0. The molecule has 0 saturated heterocycles. The standard InChI is InChI=1S/C21H14N4O2S/c26-25(27)16-12-10-15(11-13-16)24-21-20(19(23-24)14-6-2-1-3-7-14)28-18-9-5-4-8-17(18)22-21/h1-13,22H. The van der Waals surface area contributed by atoms with Gasteiger partial charge in [-0.1, -0.05) is 54.2 Å². The van der Waals surface area contributed by atoms with E-state index in [0.717, 1.165) is 38.2 Å². The lowest BCUT2D eigenvalue weighted by atomic mass is 10.1. The van der Waals surface area contributed by atoms with Gasteiger partial charge in [-0.05, 0) is 24.3 Å². The van der Waals surface area contributed by atoms with Crippen molar-refractivity contribution in [2.45, 2.75) is 9.79 Å². The minimum Gasteiger partial charge on any atom is -0.338 e. The Morgan fingerprint density at radius 3 is 2.39 bits per heavy atom. The number of non-ortho nitro benzene ring substituents is 1. The normalized spacial score (nSPS) is 12.0. The first-order valence-electron chi connectivity index (χ1n) is 8.68. The van der Waals surface area contributed by atoms with Crippen LogP contribution in [0.25, 0.3) is 16.9 Å². The van der Waals surface area contributed by atoms with Crippen molar-refractivity contribution in [3.8, 4) is 16.9 Å². The molecule has 0 radical (unpaired) electrons. The third-order valence-corrected chi connectivity index (χ3v) is 5.71. The first-order chi connectivity index (χ1) is 13.7. The molecule has 0 spiro atoms. The Kier molecular flexibility index (Phi) is 3.87. The number of para-hydroxylation sites is 1. The molecule has 0 aliphatic carbocycles. The third kappa shape index (κ3) is 2.73. The van der Waals surface area contributed by atoms with Crippen molar-refractivity contribution in [3.63, 3.8) is 0 Å². The molecule has 0 amide bonds. The Morgan fingerprint density at radius 1 is 0.929 bits per heavy atom. The van der Waals surface area contributed by atoms with Gasteiger partial charge in [0.2, 0.25) is 0 Å². The van der Waals surface area contributed by atoms with E-state index in [-0.39, 0.29) is 5.69 Å². The Morgan fingerprint density at radius 2 is 1.64 bits per heavy atom. The van der Waals surface area contributed by atoms with Gasteiger partial charge in [0.05, 0.1) is 21.2 Å². The monoisotopic (exact) mass is 386 g/mol. The van der Waals surface area contributed by atoms with Crippen LogP contribution in [-0.2, 0) is 0 Å². The van der Waals surface area contributed by atoms with Gasteiger partial charge < -0.3 is 5.32 Å². The van der Waals surface area contributed by atoms with Gasteiger partial charge in [-0.25, -0.2) is 4.68 Å². The van der Waals surface area contributed by atoms with Crippen molar-refractivity contribution in [1.82, 2.24) is 9.78 Å². The smallest absolute Gasteiger partial charge is 0.269 e. The summed E-state index contributed by atoms with van der Waals surface area (Å²) < 4.78 is 1.81. The molecule has 3 aromatic carbocycles. The van der Waals surface area contributed by atoms with Crippen LogP contribution in [0.15, 0.2) is 88.7 Å². The van der Waals surface area contributed by atoms with Crippen molar-refractivity contribution in [2.24, 2.45) is 0 Å². The van der Waals surface area contributed by atoms with E-state index in [1.807, 2.05) is 53.2 Å². The van der Waals surface area contributed by atoms with Crippen molar-refractivity contribution >= 4 is 29.0 Å². The van der Waals surface area contributed by atoms with Crippen LogP contribution in [-0.4, -0.2) is 14.7 Å². The predicted octanol–water partition coefficient (Wildman–Crippen LogP) is 5.66. The van der Waals surface area contributed by atoms with E-state index < -0.39 is 4.92 Å². The van der Waals surface area contributed by atoms with Crippen LogP contribution in [0.4, 0.5) is 17.2 Å². The van der Waals surface area contributed by atoms with Crippen molar-refractivity contribution < 1.29 is 4.92 Å². The van der Waals surface area contributed by atoms with E-state index in [1.165, 1.54) is 12.1 Å². The zero-order valence-corrected chi connectivity index (χ0v) is 15.4. The minimum absolute atomic E-state index is 0.0562. The molecular formula is C21H14N4O2S. The number of nitro benzene ring substituents is 1. The number of hydrogen-bond donors (Lipinski definition) is 1. The third-order valence-electron chi connectivity index (χ3n) is 4.55. The summed E-state index contributed by atoms with van der Waals surface area (Å²) in [7, 11) is 0. The topological polar surface area (TPSA) is 73.0 Å². The molecule has 0 saturated carbocycles. The number of benzene rings is 3. The highest BCUT2D eigenvalue weighted by atomic mass is 32.2. The van der Waals surface area contributed by atoms with E-state index >= 15 is 0 Å². The number of aromatic nitrogens is 2. The molecule has 7 heteroatoms.